The standard InChI is InChI=1S/C22H25N3O2S/c1-14-12-18(16(3)25(14)21-13-15(2)27-24-21)22(26)23-19-10-6-7-11-20(19)28-17-8-4-5-9-17/h6-7,10-13,17H,4-5,8-9H2,1-3H3,(H,23,26). The monoisotopic (exact) mass is 395 g/mol. The van der Waals surface area contributed by atoms with Crippen LogP contribution in [-0.4, -0.2) is 20.9 Å². The highest BCUT2D eigenvalue weighted by Gasteiger charge is 2.21. The third kappa shape index (κ3) is 3.74. The Balaban J connectivity index is 1.58. The van der Waals surface area contributed by atoms with Crippen LogP contribution in [0.2, 0.25) is 0 Å². The molecule has 1 aliphatic carbocycles. The Morgan fingerprint density at radius 1 is 1.18 bits per heavy atom. The normalized spacial score (nSPS) is 14.5. The maximum absolute atomic E-state index is 13.0. The van der Waals surface area contributed by atoms with Crippen molar-refractivity contribution in [3.63, 3.8) is 0 Å². The van der Waals surface area contributed by atoms with Gasteiger partial charge in [-0.1, -0.05) is 30.1 Å². The molecule has 1 fully saturated rings. The number of thioether (sulfide) groups is 1. The number of carbonyl (C=O) groups excluding carboxylic acids is 1. The van der Waals surface area contributed by atoms with Gasteiger partial charge in [-0.15, -0.1) is 11.8 Å². The lowest BCUT2D eigenvalue weighted by Crippen LogP contribution is -2.14. The number of amides is 1. The van der Waals surface area contributed by atoms with Gasteiger partial charge >= 0.3 is 0 Å². The number of aryl methyl sites for hydroxylation is 2. The van der Waals surface area contributed by atoms with Gasteiger partial charge in [-0.25, -0.2) is 0 Å². The van der Waals surface area contributed by atoms with E-state index in [1.807, 2.05) is 67.4 Å². The third-order valence-corrected chi connectivity index (χ3v) is 6.67. The van der Waals surface area contributed by atoms with Gasteiger partial charge in [0.25, 0.3) is 5.91 Å². The molecule has 1 N–H and O–H groups in total. The lowest BCUT2D eigenvalue weighted by atomic mass is 10.2. The van der Waals surface area contributed by atoms with Gasteiger partial charge in [0.2, 0.25) is 0 Å². The smallest absolute Gasteiger partial charge is 0.257 e. The second-order valence-electron chi connectivity index (χ2n) is 7.39. The Bertz CT molecular complexity index is 999. The van der Waals surface area contributed by atoms with Crippen molar-refractivity contribution in [2.24, 2.45) is 0 Å². The van der Waals surface area contributed by atoms with E-state index in [2.05, 4.69) is 16.5 Å². The van der Waals surface area contributed by atoms with Gasteiger partial charge in [-0.2, -0.15) is 0 Å². The summed E-state index contributed by atoms with van der Waals surface area (Å²) >= 11 is 1.88. The van der Waals surface area contributed by atoms with E-state index in [1.165, 1.54) is 25.7 Å². The lowest BCUT2D eigenvalue weighted by Gasteiger charge is -2.14. The lowest BCUT2D eigenvalue weighted by molar-refractivity contribution is 0.102. The van der Waals surface area contributed by atoms with Crippen molar-refractivity contribution in [1.82, 2.24) is 9.72 Å². The van der Waals surface area contributed by atoms with Crippen LogP contribution in [-0.2, 0) is 0 Å². The van der Waals surface area contributed by atoms with E-state index < -0.39 is 0 Å². The van der Waals surface area contributed by atoms with Gasteiger partial charge in [0.15, 0.2) is 5.82 Å². The Hall–Kier alpha value is -2.47. The fourth-order valence-corrected chi connectivity index (χ4v) is 5.18. The summed E-state index contributed by atoms with van der Waals surface area (Å²) in [5.74, 6) is 1.34. The zero-order chi connectivity index (χ0) is 19.7. The summed E-state index contributed by atoms with van der Waals surface area (Å²) in [7, 11) is 0. The number of hydrogen-bond donors (Lipinski definition) is 1. The summed E-state index contributed by atoms with van der Waals surface area (Å²) in [6.07, 6.45) is 5.12. The van der Waals surface area contributed by atoms with Crippen LogP contribution in [0.25, 0.3) is 5.82 Å². The summed E-state index contributed by atoms with van der Waals surface area (Å²) in [6.45, 7) is 5.76. The SMILES string of the molecule is Cc1cc(-n2c(C)cc(C(=O)Nc3ccccc3SC3CCCC3)c2C)no1. The van der Waals surface area contributed by atoms with Crippen LogP contribution in [0.1, 0.15) is 53.2 Å². The number of anilines is 1. The molecule has 0 saturated heterocycles. The minimum atomic E-state index is -0.0981. The number of benzene rings is 1. The van der Waals surface area contributed by atoms with E-state index in [-0.39, 0.29) is 5.91 Å². The van der Waals surface area contributed by atoms with Crippen LogP contribution in [0.15, 0.2) is 45.8 Å². The van der Waals surface area contributed by atoms with Crippen LogP contribution in [0.5, 0.6) is 0 Å². The quantitative estimate of drug-likeness (QED) is 0.604. The number of rotatable bonds is 5. The highest BCUT2D eigenvalue weighted by atomic mass is 32.2. The van der Waals surface area contributed by atoms with Crippen molar-refractivity contribution in [2.75, 3.05) is 5.32 Å². The Morgan fingerprint density at radius 3 is 2.64 bits per heavy atom. The molecule has 2 aromatic heterocycles. The van der Waals surface area contributed by atoms with Gasteiger partial charge in [-0.3, -0.25) is 9.36 Å². The molecule has 0 unspecified atom stereocenters. The largest absolute Gasteiger partial charge is 0.360 e. The average Bonchev–Trinajstić information content (AvgIpc) is 3.38. The summed E-state index contributed by atoms with van der Waals surface area (Å²) in [4.78, 5) is 14.2. The van der Waals surface area contributed by atoms with Crippen molar-refractivity contribution in [3.05, 3.63) is 59.1 Å². The molecule has 2 heterocycles. The fraction of sp³-hybridized carbons (Fsp3) is 0.364. The minimum absolute atomic E-state index is 0.0981. The first kappa shape index (κ1) is 18.9. The van der Waals surface area contributed by atoms with E-state index >= 15 is 0 Å². The Morgan fingerprint density at radius 2 is 1.93 bits per heavy atom. The molecule has 28 heavy (non-hydrogen) atoms. The summed E-state index contributed by atoms with van der Waals surface area (Å²) in [6, 6.07) is 11.9. The topological polar surface area (TPSA) is 60.1 Å². The van der Waals surface area contributed by atoms with Gasteiger partial charge in [0, 0.05) is 27.6 Å². The number of para-hydroxylation sites is 1. The number of nitrogens with zero attached hydrogens (tertiary/aromatic N) is 2. The predicted octanol–water partition coefficient (Wildman–Crippen LogP) is 5.68. The van der Waals surface area contributed by atoms with Crippen molar-refractivity contribution >= 4 is 23.4 Å². The fourth-order valence-electron chi connectivity index (χ4n) is 3.85. The second-order valence-corrected chi connectivity index (χ2v) is 8.73. The molecule has 3 aromatic rings. The molecule has 0 spiro atoms. The molecule has 1 aromatic carbocycles. The van der Waals surface area contributed by atoms with Gasteiger partial charge in [0.05, 0.1) is 11.3 Å². The highest BCUT2D eigenvalue weighted by Crippen LogP contribution is 2.38. The van der Waals surface area contributed by atoms with E-state index in [4.69, 9.17) is 4.52 Å². The number of carbonyl (C=O) groups is 1. The molecule has 6 heteroatoms. The van der Waals surface area contributed by atoms with Gasteiger partial charge in [-0.05, 0) is 51.8 Å². The van der Waals surface area contributed by atoms with Crippen molar-refractivity contribution in [1.29, 1.82) is 0 Å². The third-order valence-electron chi connectivity index (χ3n) is 5.25. The van der Waals surface area contributed by atoms with Crippen LogP contribution in [0.4, 0.5) is 5.69 Å². The zero-order valence-corrected chi connectivity index (χ0v) is 17.3. The number of hydrogen-bond acceptors (Lipinski definition) is 4. The maximum Gasteiger partial charge on any atom is 0.257 e. The molecule has 4 rings (SSSR count). The Labute approximate surface area is 169 Å². The van der Waals surface area contributed by atoms with Gasteiger partial charge < -0.3 is 9.84 Å². The van der Waals surface area contributed by atoms with Gasteiger partial charge in [0.1, 0.15) is 5.76 Å². The number of aromatic nitrogens is 2. The van der Waals surface area contributed by atoms with Crippen LogP contribution >= 0.6 is 11.8 Å². The first-order valence-electron chi connectivity index (χ1n) is 9.72. The molecule has 5 nitrogen and oxygen atoms in total. The van der Waals surface area contributed by atoms with Crippen molar-refractivity contribution in [2.45, 2.75) is 56.6 Å². The molecule has 0 bridgehead atoms. The first-order valence-corrected chi connectivity index (χ1v) is 10.6. The molecule has 1 amide bonds. The zero-order valence-electron chi connectivity index (χ0n) is 16.5. The molecular weight excluding hydrogens is 370 g/mol. The average molecular weight is 396 g/mol. The van der Waals surface area contributed by atoms with E-state index in [0.29, 0.717) is 16.6 Å². The van der Waals surface area contributed by atoms with E-state index in [1.54, 1.807) is 0 Å². The van der Waals surface area contributed by atoms with Crippen LogP contribution < -0.4 is 5.32 Å². The molecule has 0 aliphatic heterocycles. The highest BCUT2D eigenvalue weighted by molar-refractivity contribution is 8.00. The first-order chi connectivity index (χ1) is 13.5. The minimum Gasteiger partial charge on any atom is -0.360 e. The molecule has 146 valence electrons. The maximum atomic E-state index is 13.0. The summed E-state index contributed by atoms with van der Waals surface area (Å²) in [5.41, 5.74) is 3.33. The molecule has 0 atom stereocenters. The van der Waals surface area contributed by atoms with Crippen molar-refractivity contribution in [3.8, 4) is 5.82 Å². The van der Waals surface area contributed by atoms with E-state index in [9.17, 15) is 4.79 Å². The van der Waals surface area contributed by atoms with Crippen LogP contribution in [0, 0.1) is 20.8 Å². The molecular formula is C22H25N3O2S. The Kier molecular flexibility index (Phi) is 5.31. The molecule has 1 aliphatic rings. The predicted molar refractivity (Wildman–Crippen MR) is 113 cm³/mol. The van der Waals surface area contributed by atoms with Crippen LogP contribution in [0.3, 0.4) is 0 Å². The molecule has 0 radical (unpaired) electrons. The summed E-state index contributed by atoms with van der Waals surface area (Å²) < 4.78 is 7.15. The van der Waals surface area contributed by atoms with Crippen molar-refractivity contribution < 1.29 is 9.32 Å². The summed E-state index contributed by atoms with van der Waals surface area (Å²) in [5, 5.41) is 7.86. The second kappa shape index (κ2) is 7.87. The van der Waals surface area contributed by atoms with E-state index in [0.717, 1.165) is 27.7 Å². The number of nitrogens with one attached hydrogen (secondary N) is 1. The molecule has 1 saturated carbocycles.